The average molecular weight is 309 g/mol. The van der Waals surface area contributed by atoms with Gasteiger partial charge < -0.3 is 9.30 Å². The molecule has 0 aliphatic heterocycles. The third kappa shape index (κ3) is 3.91. The van der Waals surface area contributed by atoms with Crippen molar-refractivity contribution in [2.75, 3.05) is 6.61 Å². The van der Waals surface area contributed by atoms with Crippen molar-refractivity contribution in [3.05, 3.63) is 24.0 Å². The van der Waals surface area contributed by atoms with E-state index in [-0.39, 0.29) is 0 Å². The van der Waals surface area contributed by atoms with E-state index < -0.39 is 0 Å². The highest BCUT2D eigenvalue weighted by atomic mass is 35.5. The molecule has 0 aliphatic rings. The van der Waals surface area contributed by atoms with E-state index in [1.54, 1.807) is 0 Å². The van der Waals surface area contributed by atoms with Crippen molar-refractivity contribution in [2.24, 2.45) is 0 Å². The van der Waals surface area contributed by atoms with Crippen LogP contribution in [-0.2, 0) is 12.4 Å². The van der Waals surface area contributed by atoms with Crippen molar-refractivity contribution in [1.82, 2.24) is 9.55 Å². The Bertz CT molecular complexity index is 565. The van der Waals surface area contributed by atoms with Crippen LogP contribution in [0.25, 0.3) is 11.0 Å². The zero-order valence-electron chi connectivity index (χ0n) is 13.1. The Kier molecular flexibility index (Phi) is 6.37. The Morgan fingerprint density at radius 3 is 2.71 bits per heavy atom. The summed E-state index contributed by atoms with van der Waals surface area (Å²) in [6.07, 6.45) is 5.96. The number of rotatable bonds is 9. The van der Waals surface area contributed by atoms with Gasteiger partial charge in [0.2, 0.25) is 0 Å². The van der Waals surface area contributed by atoms with Crippen molar-refractivity contribution in [3.63, 3.8) is 0 Å². The predicted molar refractivity (Wildman–Crippen MR) is 89.2 cm³/mol. The van der Waals surface area contributed by atoms with E-state index in [1.807, 2.05) is 12.1 Å². The summed E-state index contributed by atoms with van der Waals surface area (Å²) in [5.41, 5.74) is 2.08. The first-order valence-electron chi connectivity index (χ1n) is 7.98. The summed E-state index contributed by atoms with van der Waals surface area (Å²) in [7, 11) is 0. The van der Waals surface area contributed by atoms with E-state index in [4.69, 9.17) is 16.3 Å². The second-order valence-corrected chi connectivity index (χ2v) is 5.61. The lowest BCUT2D eigenvalue weighted by molar-refractivity contribution is 0.320. The SMILES string of the molecule is CCCCCCn1c(CCl)nc2c(OCCC)cccc21. The summed E-state index contributed by atoms with van der Waals surface area (Å²) in [4.78, 5) is 4.69. The molecule has 0 bridgehead atoms. The highest BCUT2D eigenvalue weighted by Gasteiger charge is 2.13. The molecule has 0 saturated carbocycles. The van der Waals surface area contributed by atoms with E-state index in [9.17, 15) is 0 Å². The van der Waals surface area contributed by atoms with Gasteiger partial charge in [-0.05, 0) is 25.0 Å². The molecule has 0 N–H and O–H groups in total. The number of fused-ring (bicyclic) bond motifs is 1. The third-order valence-corrected chi connectivity index (χ3v) is 3.88. The van der Waals surface area contributed by atoms with Crippen LogP contribution in [0, 0.1) is 0 Å². The number of imidazole rings is 1. The average Bonchev–Trinajstić information content (AvgIpc) is 2.88. The van der Waals surface area contributed by atoms with Crippen LogP contribution in [-0.4, -0.2) is 16.2 Å². The monoisotopic (exact) mass is 308 g/mol. The zero-order chi connectivity index (χ0) is 15.1. The molecule has 0 spiro atoms. The molecule has 2 rings (SSSR count). The van der Waals surface area contributed by atoms with E-state index in [1.165, 1.54) is 25.7 Å². The van der Waals surface area contributed by atoms with E-state index >= 15 is 0 Å². The number of halogens is 1. The van der Waals surface area contributed by atoms with E-state index in [0.29, 0.717) is 5.88 Å². The van der Waals surface area contributed by atoms with Gasteiger partial charge in [0.15, 0.2) is 0 Å². The third-order valence-electron chi connectivity index (χ3n) is 3.64. The van der Waals surface area contributed by atoms with Gasteiger partial charge in [0.05, 0.1) is 18.0 Å². The van der Waals surface area contributed by atoms with Crippen molar-refractivity contribution in [1.29, 1.82) is 0 Å². The Labute approximate surface area is 132 Å². The molecule has 116 valence electrons. The highest BCUT2D eigenvalue weighted by Crippen LogP contribution is 2.27. The van der Waals surface area contributed by atoms with Crippen molar-refractivity contribution >= 4 is 22.6 Å². The molecule has 1 aromatic carbocycles. The predicted octanol–water partition coefficient (Wildman–Crippen LogP) is 5.14. The van der Waals surface area contributed by atoms with Crippen LogP contribution in [0.4, 0.5) is 0 Å². The smallest absolute Gasteiger partial charge is 0.147 e. The molecule has 0 unspecified atom stereocenters. The first-order chi connectivity index (χ1) is 10.3. The summed E-state index contributed by atoms with van der Waals surface area (Å²) in [5, 5.41) is 0. The number of aryl methyl sites for hydroxylation is 1. The normalized spacial score (nSPS) is 11.2. The number of benzene rings is 1. The lowest BCUT2D eigenvalue weighted by Crippen LogP contribution is -2.02. The van der Waals surface area contributed by atoms with Crippen LogP contribution in [0.2, 0.25) is 0 Å². The topological polar surface area (TPSA) is 27.1 Å². The van der Waals surface area contributed by atoms with Gasteiger partial charge in [-0.2, -0.15) is 0 Å². The summed E-state index contributed by atoms with van der Waals surface area (Å²) < 4.78 is 8.05. The Morgan fingerprint density at radius 2 is 2.00 bits per heavy atom. The van der Waals surface area contributed by atoms with Crippen LogP contribution in [0.3, 0.4) is 0 Å². The van der Waals surface area contributed by atoms with Crippen LogP contribution in [0.15, 0.2) is 18.2 Å². The lowest BCUT2D eigenvalue weighted by Gasteiger charge is -2.08. The molecule has 21 heavy (non-hydrogen) atoms. The molecule has 0 fully saturated rings. The van der Waals surface area contributed by atoms with Crippen molar-refractivity contribution < 1.29 is 4.74 Å². The van der Waals surface area contributed by atoms with Crippen LogP contribution < -0.4 is 4.74 Å². The van der Waals surface area contributed by atoms with E-state index in [0.717, 1.165) is 42.2 Å². The molecule has 0 aliphatic carbocycles. The van der Waals surface area contributed by atoms with Gasteiger partial charge in [0.25, 0.3) is 0 Å². The maximum absolute atomic E-state index is 6.08. The molecule has 0 amide bonds. The summed E-state index contributed by atoms with van der Waals surface area (Å²) >= 11 is 6.08. The highest BCUT2D eigenvalue weighted by molar-refractivity contribution is 6.16. The number of nitrogens with zero attached hydrogens (tertiary/aromatic N) is 2. The van der Waals surface area contributed by atoms with Crippen LogP contribution in [0.1, 0.15) is 51.8 Å². The van der Waals surface area contributed by atoms with Gasteiger partial charge in [-0.15, -0.1) is 11.6 Å². The number of hydrogen-bond acceptors (Lipinski definition) is 2. The molecule has 4 heteroatoms. The Hall–Kier alpha value is -1.22. The fraction of sp³-hybridized carbons (Fsp3) is 0.588. The van der Waals surface area contributed by atoms with Gasteiger partial charge in [0.1, 0.15) is 17.1 Å². The fourth-order valence-corrected chi connectivity index (χ4v) is 2.75. The number of hydrogen-bond donors (Lipinski definition) is 0. The molecular weight excluding hydrogens is 284 g/mol. The maximum atomic E-state index is 6.08. The fourth-order valence-electron chi connectivity index (χ4n) is 2.55. The molecule has 1 heterocycles. The second kappa shape index (κ2) is 8.28. The second-order valence-electron chi connectivity index (χ2n) is 5.35. The summed E-state index contributed by atoms with van der Waals surface area (Å²) in [5.74, 6) is 2.25. The lowest BCUT2D eigenvalue weighted by atomic mass is 10.2. The zero-order valence-corrected chi connectivity index (χ0v) is 13.8. The molecule has 0 radical (unpaired) electrons. The molecule has 0 saturated heterocycles. The quantitative estimate of drug-likeness (QED) is 0.473. The van der Waals surface area contributed by atoms with Crippen LogP contribution >= 0.6 is 11.6 Å². The van der Waals surface area contributed by atoms with Gasteiger partial charge >= 0.3 is 0 Å². The van der Waals surface area contributed by atoms with Crippen molar-refractivity contribution in [2.45, 2.75) is 58.4 Å². The number of alkyl halides is 1. The van der Waals surface area contributed by atoms with Gasteiger partial charge in [-0.25, -0.2) is 4.98 Å². The first kappa shape index (κ1) is 16.2. The Balaban J connectivity index is 2.26. The van der Waals surface area contributed by atoms with Crippen molar-refractivity contribution in [3.8, 4) is 5.75 Å². The standard InChI is InChI=1S/C17H25ClN2O/c1-3-5-6-7-11-20-14-9-8-10-15(21-12-4-2)17(14)19-16(20)13-18/h8-10H,3-7,11-13H2,1-2H3. The first-order valence-corrected chi connectivity index (χ1v) is 8.52. The minimum Gasteiger partial charge on any atom is -0.491 e. The molecule has 0 atom stereocenters. The molecule has 3 nitrogen and oxygen atoms in total. The Morgan fingerprint density at radius 1 is 1.14 bits per heavy atom. The number of ether oxygens (including phenoxy) is 1. The maximum Gasteiger partial charge on any atom is 0.147 e. The molecule has 1 aromatic heterocycles. The number of para-hydroxylation sites is 1. The molecular formula is C17H25ClN2O. The van der Waals surface area contributed by atoms with Gasteiger partial charge in [0, 0.05) is 6.54 Å². The molecule has 2 aromatic rings. The van der Waals surface area contributed by atoms with Gasteiger partial charge in [-0.1, -0.05) is 39.2 Å². The summed E-state index contributed by atoms with van der Waals surface area (Å²) in [6.45, 7) is 6.04. The van der Waals surface area contributed by atoms with Gasteiger partial charge in [-0.3, -0.25) is 0 Å². The minimum atomic E-state index is 0.440. The number of aromatic nitrogens is 2. The number of unbranched alkanes of at least 4 members (excludes halogenated alkanes) is 3. The van der Waals surface area contributed by atoms with Crippen LogP contribution in [0.5, 0.6) is 5.75 Å². The minimum absolute atomic E-state index is 0.440. The van der Waals surface area contributed by atoms with E-state index in [2.05, 4.69) is 29.5 Å². The summed E-state index contributed by atoms with van der Waals surface area (Å²) in [6, 6.07) is 6.14. The largest absolute Gasteiger partial charge is 0.491 e.